The molecule has 0 radical (unpaired) electrons. The zero-order valence-electron chi connectivity index (χ0n) is 14.9. The first-order chi connectivity index (χ1) is 11.9. The number of piperidine rings is 1. The lowest BCUT2D eigenvalue weighted by Gasteiger charge is -2.33. The number of hydrogen-bond acceptors (Lipinski definition) is 4. The molecule has 0 unspecified atom stereocenters. The molecule has 25 heavy (non-hydrogen) atoms. The van der Waals surface area contributed by atoms with Gasteiger partial charge in [0.15, 0.2) is 0 Å². The van der Waals surface area contributed by atoms with Gasteiger partial charge in [-0.2, -0.15) is 0 Å². The highest BCUT2D eigenvalue weighted by atomic mass is 16.2. The van der Waals surface area contributed by atoms with Crippen molar-refractivity contribution in [3.05, 3.63) is 28.4 Å². The zero-order valence-corrected chi connectivity index (χ0v) is 14.9. The van der Waals surface area contributed by atoms with E-state index in [1.165, 1.54) is 6.33 Å². The van der Waals surface area contributed by atoms with Gasteiger partial charge in [-0.3, -0.25) is 14.4 Å². The highest BCUT2D eigenvalue weighted by Gasteiger charge is 2.37. The summed E-state index contributed by atoms with van der Waals surface area (Å²) in [6.45, 7) is 6.75. The summed E-state index contributed by atoms with van der Waals surface area (Å²) in [5.74, 6) is 0.608. The van der Waals surface area contributed by atoms with E-state index in [1.807, 2.05) is 9.80 Å². The van der Waals surface area contributed by atoms with Crippen LogP contribution < -0.4 is 5.56 Å². The van der Waals surface area contributed by atoms with Crippen molar-refractivity contribution < 1.29 is 9.59 Å². The van der Waals surface area contributed by atoms with Gasteiger partial charge in [0.25, 0.3) is 5.56 Å². The average molecular weight is 346 g/mol. The number of nitrogens with one attached hydrogen (secondary N) is 1. The second-order valence-corrected chi connectivity index (χ2v) is 7.53. The number of aromatic amines is 1. The molecule has 2 aliphatic heterocycles. The molecule has 3 heterocycles. The summed E-state index contributed by atoms with van der Waals surface area (Å²) < 4.78 is 0. The van der Waals surface area contributed by atoms with Crippen molar-refractivity contribution in [2.24, 2.45) is 11.8 Å². The Morgan fingerprint density at radius 1 is 1.32 bits per heavy atom. The number of rotatable bonds is 4. The van der Waals surface area contributed by atoms with Crippen molar-refractivity contribution in [1.29, 1.82) is 0 Å². The molecule has 2 amide bonds. The van der Waals surface area contributed by atoms with Crippen molar-refractivity contribution in [3.8, 4) is 0 Å². The third kappa shape index (κ3) is 4.08. The number of amides is 2. The van der Waals surface area contributed by atoms with Crippen LogP contribution >= 0.6 is 0 Å². The van der Waals surface area contributed by atoms with E-state index in [0.29, 0.717) is 32.0 Å². The van der Waals surface area contributed by atoms with Crippen LogP contribution in [0.3, 0.4) is 0 Å². The molecule has 7 heteroatoms. The molecule has 0 spiro atoms. The van der Waals surface area contributed by atoms with E-state index < -0.39 is 0 Å². The molecule has 7 nitrogen and oxygen atoms in total. The summed E-state index contributed by atoms with van der Waals surface area (Å²) in [5.41, 5.74) is 0.660. The van der Waals surface area contributed by atoms with Crippen LogP contribution in [0.2, 0.25) is 0 Å². The van der Waals surface area contributed by atoms with E-state index in [4.69, 9.17) is 0 Å². The van der Waals surface area contributed by atoms with Gasteiger partial charge >= 0.3 is 0 Å². The molecular weight excluding hydrogens is 320 g/mol. The van der Waals surface area contributed by atoms with Crippen LogP contribution in [0.15, 0.2) is 17.2 Å². The van der Waals surface area contributed by atoms with Gasteiger partial charge in [0.05, 0.1) is 17.9 Å². The van der Waals surface area contributed by atoms with E-state index in [-0.39, 0.29) is 29.2 Å². The van der Waals surface area contributed by atoms with Gasteiger partial charge in [-0.15, -0.1) is 0 Å². The summed E-state index contributed by atoms with van der Waals surface area (Å²) in [6, 6.07) is 1.54. The first-order valence-corrected chi connectivity index (χ1v) is 9.05. The minimum absolute atomic E-state index is 0.0923. The third-order valence-corrected chi connectivity index (χ3v) is 5.07. The van der Waals surface area contributed by atoms with E-state index in [1.54, 1.807) is 6.07 Å². The Balaban J connectivity index is 1.55. The van der Waals surface area contributed by atoms with Gasteiger partial charge < -0.3 is 14.8 Å². The molecule has 0 aromatic carbocycles. The maximum atomic E-state index is 12.8. The van der Waals surface area contributed by atoms with Crippen LogP contribution in [-0.4, -0.2) is 57.8 Å². The first kappa shape index (κ1) is 17.6. The molecule has 136 valence electrons. The molecular formula is C18H26N4O3. The molecule has 0 saturated carbocycles. The van der Waals surface area contributed by atoms with E-state index >= 15 is 0 Å². The van der Waals surface area contributed by atoms with Crippen LogP contribution in [-0.2, 0) is 9.59 Å². The minimum atomic E-state index is -0.208. The quantitative estimate of drug-likeness (QED) is 0.880. The van der Waals surface area contributed by atoms with Crippen LogP contribution in [0, 0.1) is 11.8 Å². The van der Waals surface area contributed by atoms with E-state index in [9.17, 15) is 14.4 Å². The zero-order chi connectivity index (χ0) is 18.0. The highest BCUT2D eigenvalue weighted by Crippen LogP contribution is 2.28. The molecule has 2 saturated heterocycles. The number of nitrogens with zero attached hydrogens (tertiary/aromatic N) is 3. The lowest BCUT2D eigenvalue weighted by atomic mass is 9.92. The van der Waals surface area contributed by atoms with Crippen LogP contribution in [0.1, 0.15) is 44.7 Å². The van der Waals surface area contributed by atoms with Crippen molar-refractivity contribution >= 4 is 11.8 Å². The lowest BCUT2D eigenvalue weighted by molar-refractivity contribution is -0.136. The molecule has 1 atom stereocenters. The molecule has 2 fully saturated rings. The molecule has 1 N–H and O–H groups in total. The molecule has 0 aliphatic carbocycles. The fraction of sp³-hybridized carbons (Fsp3) is 0.667. The Hall–Kier alpha value is -2.18. The topological polar surface area (TPSA) is 86.4 Å². The fourth-order valence-corrected chi connectivity index (χ4v) is 3.82. The average Bonchev–Trinajstić information content (AvgIpc) is 2.94. The Bertz CT molecular complexity index is 692. The molecule has 0 bridgehead atoms. The van der Waals surface area contributed by atoms with Crippen LogP contribution in [0.25, 0.3) is 0 Å². The second-order valence-electron chi connectivity index (χ2n) is 7.53. The Labute approximate surface area is 147 Å². The van der Waals surface area contributed by atoms with Gasteiger partial charge in [0, 0.05) is 44.6 Å². The monoisotopic (exact) mass is 346 g/mol. The molecule has 2 aliphatic rings. The summed E-state index contributed by atoms with van der Waals surface area (Å²) in [6.07, 6.45) is 3.38. The standard InChI is InChI=1S/C18H26N4O3/c1-12(2)9-22-10-14(7-17(22)24)18(25)21-5-3-13(4-6-21)15-8-16(23)20-11-19-15/h8,11-14H,3-7,9-10H2,1-2H3,(H,19,20,23)/t14-/m1/s1. The Morgan fingerprint density at radius 3 is 2.68 bits per heavy atom. The van der Waals surface area contributed by atoms with Crippen molar-refractivity contribution in [2.45, 2.75) is 39.0 Å². The van der Waals surface area contributed by atoms with Crippen molar-refractivity contribution in [2.75, 3.05) is 26.2 Å². The summed E-state index contributed by atoms with van der Waals surface area (Å²) in [7, 11) is 0. The Kier molecular flexibility index (Phi) is 5.20. The SMILES string of the molecule is CC(C)CN1C[C@H](C(=O)N2CCC(c3cc(=O)[nH]cn3)CC2)CC1=O. The van der Waals surface area contributed by atoms with Gasteiger partial charge in [-0.05, 0) is 18.8 Å². The van der Waals surface area contributed by atoms with Crippen LogP contribution in [0.5, 0.6) is 0 Å². The van der Waals surface area contributed by atoms with E-state index in [0.717, 1.165) is 25.1 Å². The normalized spacial score (nSPS) is 22.0. The number of H-pyrrole nitrogens is 1. The molecule has 1 aromatic rings. The second kappa shape index (κ2) is 7.37. The largest absolute Gasteiger partial charge is 0.342 e. The van der Waals surface area contributed by atoms with Crippen molar-refractivity contribution in [3.63, 3.8) is 0 Å². The summed E-state index contributed by atoms with van der Waals surface area (Å²) in [5, 5.41) is 0. The smallest absolute Gasteiger partial charge is 0.250 e. The molecule has 1 aromatic heterocycles. The predicted octanol–water partition coefficient (Wildman–Crippen LogP) is 0.980. The predicted molar refractivity (Wildman–Crippen MR) is 92.9 cm³/mol. The summed E-state index contributed by atoms with van der Waals surface area (Å²) in [4.78, 5) is 46.7. The number of carbonyl (C=O) groups is 2. The van der Waals surface area contributed by atoms with Crippen LogP contribution in [0.4, 0.5) is 0 Å². The van der Waals surface area contributed by atoms with Gasteiger partial charge in [-0.1, -0.05) is 13.8 Å². The Morgan fingerprint density at radius 2 is 2.04 bits per heavy atom. The van der Waals surface area contributed by atoms with Gasteiger partial charge in [-0.25, -0.2) is 4.98 Å². The number of likely N-dealkylation sites (tertiary alicyclic amines) is 2. The first-order valence-electron chi connectivity index (χ1n) is 9.05. The molecule has 3 rings (SSSR count). The summed E-state index contributed by atoms with van der Waals surface area (Å²) >= 11 is 0. The maximum Gasteiger partial charge on any atom is 0.250 e. The lowest BCUT2D eigenvalue weighted by Crippen LogP contribution is -2.42. The maximum absolute atomic E-state index is 12.8. The number of hydrogen-bond donors (Lipinski definition) is 1. The highest BCUT2D eigenvalue weighted by molar-refractivity contribution is 5.89. The third-order valence-electron chi connectivity index (χ3n) is 5.07. The number of aromatic nitrogens is 2. The minimum Gasteiger partial charge on any atom is -0.342 e. The van der Waals surface area contributed by atoms with Gasteiger partial charge in [0.2, 0.25) is 11.8 Å². The van der Waals surface area contributed by atoms with Crippen molar-refractivity contribution in [1.82, 2.24) is 19.8 Å². The number of carbonyl (C=O) groups excluding carboxylic acids is 2. The fourth-order valence-electron chi connectivity index (χ4n) is 3.82. The van der Waals surface area contributed by atoms with Gasteiger partial charge in [0.1, 0.15) is 0 Å². The van der Waals surface area contributed by atoms with E-state index in [2.05, 4.69) is 23.8 Å².